The molecule has 1 fully saturated rings. The molecule has 3 N–H and O–H groups in total. The van der Waals surface area contributed by atoms with E-state index in [1.54, 1.807) is 50.2 Å². The van der Waals surface area contributed by atoms with Crippen molar-refractivity contribution in [2.45, 2.75) is 38.3 Å². The molecule has 0 aliphatic heterocycles. The number of nitrogen functional groups attached to an aromatic ring is 1. The first-order valence-corrected chi connectivity index (χ1v) is 8.06. The molecule has 1 aliphatic carbocycles. The van der Waals surface area contributed by atoms with Gasteiger partial charge in [-0.25, -0.2) is 0 Å². The fourth-order valence-electron chi connectivity index (χ4n) is 2.19. The summed E-state index contributed by atoms with van der Waals surface area (Å²) in [5, 5.41) is 2.97. The van der Waals surface area contributed by atoms with Crippen LogP contribution in [0.1, 0.15) is 26.7 Å². The first kappa shape index (κ1) is 16.2. The molecule has 0 bridgehead atoms. The molecule has 0 heterocycles. The average molecular weight is 326 g/mol. The molecule has 1 saturated carbocycles. The number of hydrogen-bond acceptors (Lipinski definition) is 4. The molecule has 0 aromatic heterocycles. The second-order valence-corrected chi connectivity index (χ2v) is 6.48. The van der Waals surface area contributed by atoms with Crippen LogP contribution in [-0.2, 0) is 4.79 Å². The molecule has 0 saturated heterocycles. The monoisotopic (exact) mass is 326 g/mol. The predicted octanol–water partition coefficient (Wildman–Crippen LogP) is 3.50. The van der Waals surface area contributed by atoms with E-state index in [2.05, 4.69) is 5.32 Å². The number of anilines is 1. The maximum absolute atomic E-state index is 12.3. The molecule has 3 rings (SSSR count). The third-order valence-electron chi connectivity index (χ3n) is 3.78. The van der Waals surface area contributed by atoms with E-state index in [0.717, 1.165) is 12.8 Å². The summed E-state index contributed by atoms with van der Waals surface area (Å²) in [6.07, 6.45) is 2.08. The normalized spacial score (nSPS) is 14.1. The molecular weight excluding hydrogens is 304 g/mol. The van der Waals surface area contributed by atoms with Gasteiger partial charge in [0.1, 0.15) is 5.75 Å². The van der Waals surface area contributed by atoms with E-state index in [4.69, 9.17) is 15.2 Å². The van der Waals surface area contributed by atoms with Crippen molar-refractivity contribution >= 4 is 11.6 Å². The molecule has 0 spiro atoms. The minimum atomic E-state index is -0.983. The maximum Gasteiger partial charge on any atom is 0.263 e. The third-order valence-corrected chi connectivity index (χ3v) is 3.78. The Labute approximate surface area is 141 Å². The zero-order chi connectivity index (χ0) is 17.2. The summed E-state index contributed by atoms with van der Waals surface area (Å²) in [4.78, 5) is 12.3. The minimum Gasteiger partial charge on any atom is -0.474 e. The fraction of sp³-hybridized carbons (Fsp3) is 0.316. The summed E-state index contributed by atoms with van der Waals surface area (Å²) < 4.78 is 11.8. The molecule has 0 unspecified atom stereocenters. The average Bonchev–Trinajstić information content (AvgIpc) is 3.35. The zero-order valence-corrected chi connectivity index (χ0v) is 13.9. The molecule has 126 valence electrons. The maximum atomic E-state index is 12.3. The van der Waals surface area contributed by atoms with Gasteiger partial charge in [0.15, 0.2) is 17.1 Å². The molecule has 2 aromatic rings. The van der Waals surface area contributed by atoms with E-state index in [9.17, 15) is 4.79 Å². The Balaban J connectivity index is 1.75. The first-order chi connectivity index (χ1) is 11.4. The van der Waals surface area contributed by atoms with Crippen molar-refractivity contribution in [3.63, 3.8) is 0 Å². The highest BCUT2D eigenvalue weighted by atomic mass is 16.5. The molecule has 0 radical (unpaired) electrons. The van der Waals surface area contributed by atoms with Gasteiger partial charge in [0, 0.05) is 11.7 Å². The van der Waals surface area contributed by atoms with Gasteiger partial charge in [-0.05, 0) is 63.1 Å². The molecule has 1 aliphatic rings. The quantitative estimate of drug-likeness (QED) is 0.797. The third kappa shape index (κ3) is 3.98. The van der Waals surface area contributed by atoms with Crippen LogP contribution in [0.25, 0.3) is 0 Å². The van der Waals surface area contributed by atoms with Gasteiger partial charge in [0.25, 0.3) is 5.91 Å². The van der Waals surface area contributed by atoms with E-state index in [0.29, 0.717) is 29.0 Å². The van der Waals surface area contributed by atoms with Gasteiger partial charge in [0.05, 0.1) is 0 Å². The number of nitrogens with one attached hydrogen (secondary N) is 1. The SMILES string of the molecule is CC(C)(Oc1ccccc1Oc1ccc(N)cc1)C(=O)NC1CC1. The molecule has 0 atom stereocenters. The second-order valence-electron chi connectivity index (χ2n) is 6.48. The van der Waals surface area contributed by atoms with E-state index in [1.165, 1.54) is 0 Å². The summed E-state index contributed by atoms with van der Waals surface area (Å²) in [7, 11) is 0. The number of carbonyl (C=O) groups excluding carboxylic acids is 1. The predicted molar refractivity (Wildman–Crippen MR) is 93.2 cm³/mol. The van der Waals surface area contributed by atoms with Crippen LogP contribution in [0, 0.1) is 0 Å². The largest absolute Gasteiger partial charge is 0.474 e. The van der Waals surface area contributed by atoms with Crippen LogP contribution in [0.15, 0.2) is 48.5 Å². The molecular formula is C19H22N2O3. The van der Waals surface area contributed by atoms with Crippen LogP contribution in [-0.4, -0.2) is 17.6 Å². The van der Waals surface area contributed by atoms with Crippen molar-refractivity contribution in [3.8, 4) is 17.2 Å². The second kappa shape index (κ2) is 6.43. The Hall–Kier alpha value is -2.69. The van der Waals surface area contributed by atoms with Crippen LogP contribution in [0.5, 0.6) is 17.2 Å². The number of rotatable bonds is 6. The molecule has 2 aromatic carbocycles. The summed E-state index contributed by atoms with van der Waals surface area (Å²) >= 11 is 0. The standard InChI is InChI=1S/C19H22N2O3/c1-19(2,18(22)21-14-9-10-14)24-17-6-4-3-5-16(17)23-15-11-7-13(20)8-12-15/h3-8,11-12,14H,9-10,20H2,1-2H3,(H,21,22). The zero-order valence-electron chi connectivity index (χ0n) is 13.9. The van der Waals surface area contributed by atoms with Gasteiger partial charge in [-0.2, -0.15) is 0 Å². The lowest BCUT2D eigenvalue weighted by atomic mass is 10.1. The molecule has 5 nitrogen and oxygen atoms in total. The van der Waals surface area contributed by atoms with E-state index in [1.807, 2.05) is 12.1 Å². The van der Waals surface area contributed by atoms with E-state index < -0.39 is 5.60 Å². The van der Waals surface area contributed by atoms with Gasteiger partial charge in [0.2, 0.25) is 0 Å². The van der Waals surface area contributed by atoms with Crippen molar-refractivity contribution in [1.82, 2.24) is 5.32 Å². The summed E-state index contributed by atoms with van der Waals surface area (Å²) in [5.74, 6) is 1.60. The Morgan fingerprint density at radius 2 is 1.71 bits per heavy atom. The van der Waals surface area contributed by atoms with Crippen molar-refractivity contribution < 1.29 is 14.3 Å². The van der Waals surface area contributed by atoms with Gasteiger partial charge in [-0.1, -0.05) is 12.1 Å². The van der Waals surface area contributed by atoms with Crippen molar-refractivity contribution in [1.29, 1.82) is 0 Å². The Morgan fingerprint density at radius 1 is 1.08 bits per heavy atom. The highest BCUT2D eigenvalue weighted by molar-refractivity contribution is 5.85. The molecule has 1 amide bonds. The molecule has 5 heteroatoms. The van der Waals surface area contributed by atoms with Crippen molar-refractivity contribution in [2.24, 2.45) is 0 Å². The van der Waals surface area contributed by atoms with Gasteiger partial charge < -0.3 is 20.5 Å². The van der Waals surface area contributed by atoms with Gasteiger partial charge in [-0.15, -0.1) is 0 Å². The minimum absolute atomic E-state index is 0.118. The van der Waals surface area contributed by atoms with E-state index >= 15 is 0 Å². The van der Waals surface area contributed by atoms with Gasteiger partial charge >= 0.3 is 0 Å². The van der Waals surface area contributed by atoms with Crippen molar-refractivity contribution in [2.75, 3.05) is 5.73 Å². The Kier molecular flexibility index (Phi) is 4.34. The topological polar surface area (TPSA) is 73.6 Å². The number of para-hydroxylation sites is 2. The number of benzene rings is 2. The van der Waals surface area contributed by atoms with Crippen LogP contribution in [0.2, 0.25) is 0 Å². The highest BCUT2D eigenvalue weighted by Crippen LogP contribution is 2.34. The smallest absolute Gasteiger partial charge is 0.263 e. The fourth-order valence-corrected chi connectivity index (χ4v) is 2.19. The lowest BCUT2D eigenvalue weighted by Crippen LogP contribution is -2.47. The summed E-state index contributed by atoms with van der Waals surface area (Å²) in [5.41, 5.74) is 5.37. The van der Waals surface area contributed by atoms with Gasteiger partial charge in [-0.3, -0.25) is 4.79 Å². The summed E-state index contributed by atoms with van der Waals surface area (Å²) in [6, 6.07) is 14.7. The number of carbonyl (C=O) groups is 1. The van der Waals surface area contributed by atoms with Crippen molar-refractivity contribution in [3.05, 3.63) is 48.5 Å². The van der Waals surface area contributed by atoms with E-state index in [-0.39, 0.29) is 5.91 Å². The number of nitrogens with two attached hydrogens (primary N) is 1. The number of ether oxygens (including phenoxy) is 2. The number of hydrogen-bond donors (Lipinski definition) is 2. The first-order valence-electron chi connectivity index (χ1n) is 8.06. The van der Waals surface area contributed by atoms with Crippen LogP contribution < -0.4 is 20.5 Å². The number of amides is 1. The Bertz CT molecular complexity index is 722. The van der Waals surface area contributed by atoms with Crippen LogP contribution in [0.4, 0.5) is 5.69 Å². The highest BCUT2D eigenvalue weighted by Gasteiger charge is 2.35. The molecule has 24 heavy (non-hydrogen) atoms. The van der Waals surface area contributed by atoms with Crippen LogP contribution >= 0.6 is 0 Å². The van der Waals surface area contributed by atoms with Crippen LogP contribution in [0.3, 0.4) is 0 Å². The lowest BCUT2D eigenvalue weighted by molar-refractivity contribution is -0.134. The summed E-state index contributed by atoms with van der Waals surface area (Å²) in [6.45, 7) is 3.51. The Morgan fingerprint density at radius 3 is 2.33 bits per heavy atom. The lowest BCUT2D eigenvalue weighted by Gasteiger charge is -2.26.